The molecule has 0 N–H and O–H groups in total. The van der Waals surface area contributed by atoms with Crippen molar-refractivity contribution in [2.45, 2.75) is 0 Å². The number of aryl methyl sites for hydroxylation is 2. The fourth-order valence-corrected chi connectivity index (χ4v) is 6.48. The zero-order valence-electron chi connectivity index (χ0n) is 44.8. The summed E-state index contributed by atoms with van der Waals surface area (Å²) in [6.45, 7) is 5.95. The van der Waals surface area contributed by atoms with Gasteiger partial charge in [-0.2, -0.15) is 0 Å². The second kappa shape index (κ2) is 36.4. The zero-order chi connectivity index (χ0) is 50.4. The van der Waals surface area contributed by atoms with Crippen molar-refractivity contribution < 1.29 is 97.2 Å². The van der Waals surface area contributed by atoms with Crippen molar-refractivity contribution in [1.29, 1.82) is 0 Å². The van der Waals surface area contributed by atoms with Crippen LogP contribution in [0.3, 0.4) is 0 Å². The molecule has 75 heavy (non-hydrogen) atoms. The Morgan fingerprint density at radius 3 is 0.813 bits per heavy atom. The average molecular weight is 1170 g/mol. The van der Waals surface area contributed by atoms with Gasteiger partial charge in [-0.25, -0.2) is 9.13 Å². The third kappa shape index (κ3) is 21.5. The maximum absolute atomic E-state index is 5.13. The Bertz CT molecular complexity index is 2460. The molecule has 0 aliphatic carbocycles. The number of anilines is 4. The summed E-state index contributed by atoms with van der Waals surface area (Å²) in [6.07, 6.45) is 0. The fourth-order valence-electron chi connectivity index (χ4n) is 6.48. The first-order chi connectivity index (χ1) is 33.8. The van der Waals surface area contributed by atoms with Crippen LogP contribution in [0.4, 0.5) is 69.3 Å². The van der Waals surface area contributed by atoms with Crippen molar-refractivity contribution >= 4 is 69.3 Å². The topological polar surface area (TPSA) is 192 Å². The van der Waals surface area contributed by atoms with E-state index in [0.717, 1.165) is 71.7 Å². The molecule has 6 aromatic rings. The second-order valence-corrected chi connectivity index (χ2v) is 16.1. The van der Waals surface area contributed by atoms with Crippen LogP contribution in [-0.4, -0.2) is 129 Å². The number of methoxy groups -OCH3 is 4. The quantitative estimate of drug-likeness (QED) is 0.0334. The van der Waals surface area contributed by atoms with Crippen LogP contribution in [0.2, 0.25) is 0 Å². The van der Waals surface area contributed by atoms with Crippen LogP contribution in [0.5, 0.6) is 0 Å². The molecule has 0 saturated heterocycles. The number of hydrogen-bond donors (Lipinski definition) is 0. The standard InChI is InChI=1S/2C24H34N9O2.4ClH.Zn/c2*1-30(15-17-34-5)21-11-7-19(8-12-21)25-27-23-29-33(4)24(32(23)3)28-26-20-9-13-22(14-10-20)31(2)16-18-35-6;;;;;/h2*7-14H,15-18H2,1-6H3;4*1H;/q2*+1;;;;;+2/p-4. The molecule has 0 aliphatic heterocycles. The van der Waals surface area contributed by atoms with Crippen LogP contribution < -0.4 is 78.4 Å². The Labute approximate surface area is 478 Å². The van der Waals surface area contributed by atoms with E-state index in [1.807, 2.05) is 139 Å². The summed E-state index contributed by atoms with van der Waals surface area (Å²) in [5, 5.41) is 43.5. The number of likely N-dealkylation sites (N-methyl/N-ethyl adjacent to an activating group) is 4. The predicted octanol–water partition coefficient (Wildman–Crippen LogP) is -3.51. The molecule has 0 fully saturated rings. The molecular formula is C48H68Cl4N18O4Zn. The molecule has 0 spiro atoms. The molecule has 0 bridgehead atoms. The van der Waals surface area contributed by atoms with Gasteiger partial charge < -0.3 is 88.2 Å². The summed E-state index contributed by atoms with van der Waals surface area (Å²) >= 11 is 0. The molecule has 0 saturated carbocycles. The van der Waals surface area contributed by atoms with Crippen molar-refractivity contribution in [3.05, 3.63) is 97.1 Å². The molecule has 27 heteroatoms. The summed E-state index contributed by atoms with van der Waals surface area (Å²) in [4.78, 5) is 8.48. The van der Waals surface area contributed by atoms with Gasteiger partial charge in [0.1, 0.15) is 0 Å². The summed E-state index contributed by atoms with van der Waals surface area (Å²) in [5.41, 5.74) is 7.30. The van der Waals surface area contributed by atoms with Gasteiger partial charge in [-0.05, 0) is 118 Å². The summed E-state index contributed by atoms with van der Waals surface area (Å²) in [6, 6.07) is 31.4. The normalized spacial score (nSPS) is 10.8. The van der Waals surface area contributed by atoms with E-state index in [1.165, 1.54) is 0 Å². The summed E-state index contributed by atoms with van der Waals surface area (Å²) in [5.74, 6) is 1.96. The number of ether oxygens (including phenoxy) is 4. The van der Waals surface area contributed by atoms with Gasteiger partial charge in [0.15, 0.2) is 0 Å². The molecule has 0 aliphatic rings. The minimum Gasteiger partial charge on any atom is -1.00 e. The molecule has 0 unspecified atom stereocenters. The Balaban J connectivity index is 0.00000137. The van der Waals surface area contributed by atoms with Gasteiger partial charge in [-0.1, -0.05) is 0 Å². The molecule has 2 aromatic heterocycles. The van der Waals surface area contributed by atoms with Gasteiger partial charge in [0.2, 0.25) is 0 Å². The molecule has 4 aromatic carbocycles. The molecule has 22 nitrogen and oxygen atoms in total. The van der Waals surface area contributed by atoms with E-state index in [1.54, 1.807) is 61.0 Å². The molecule has 404 valence electrons. The number of benzene rings is 4. The Morgan fingerprint density at radius 1 is 0.387 bits per heavy atom. The van der Waals surface area contributed by atoms with E-state index >= 15 is 0 Å². The molecule has 0 amide bonds. The van der Waals surface area contributed by atoms with Crippen LogP contribution >= 0.6 is 0 Å². The Morgan fingerprint density at radius 2 is 0.600 bits per heavy atom. The van der Waals surface area contributed by atoms with Gasteiger partial charge in [0, 0.05) is 130 Å². The van der Waals surface area contributed by atoms with Gasteiger partial charge >= 0.3 is 43.3 Å². The van der Waals surface area contributed by atoms with E-state index in [4.69, 9.17) is 18.9 Å². The van der Waals surface area contributed by atoms with E-state index in [9.17, 15) is 0 Å². The smallest absolute Gasteiger partial charge is 1.00 e. The van der Waals surface area contributed by atoms with E-state index in [0.29, 0.717) is 50.2 Å². The van der Waals surface area contributed by atoms with E-state index < -0.39 is 0 Å². The number of aromatic nitrogens is 6. The van der Waals surface area contributed by atoms with E-state index in [-0.39, 0.29) is 69.1 Å². The SMILES string of the molecule is COCCN(C)c1ccc(N=Nc2nn(C)c(N=Nc3ccc(N(C)CCOC)cc3)[n+]2C)cc1.COCCN(C)c1ccc(N=Nc2nn(C)c(N=Nc3ccc(N(C)CCOC)cc3)[n+]2C)cc1.[Cl-].[Cl-].[Cl-].[Cl-].[Zn+2]. The van der Waals surface area contributed by atoms with Crippen LogP contribution in [0.1, 0.15) is 0 Å². The molecule has 2 heterocycles. The van der Waals surface area contributed by atoms with Crippen molar-refractivity contribution in [2.75, 3.05) is 129 Å². The van der Waals surface area contributed by atoms with Crippen molar-refractivity contribution in [3.8, 4) is 0 Å². The molecule has 0 atom stereocenters. The summed E-state index contributed by atoms with van der Waals surface area (Å²) in [7, 11) is 22.1. The van der Waals surface area contributed by atoms with Crippen molar-refractivity contribution in [2.24, 2.45) is 69.1 Å². The zero-order valence-corrected chi connectivity index (χ0v) is 50.8. The second-order valence-electron chi connectivity index (χ2n) is 16.1. The first kappa shape index (κ1) is 69.4. The van der Waals surface area contributed by atoms with Gasteiger partial charge in [0.25, 0.3) is 0 Å². The Kier molecular flexibility index (Phi) is 33.7. The van der Waals surface area contributed by atoms with E-state index in [2.05, 4.69) is 70.7 Å². The number of nitrogens with zero attached hydrogens (tertiary/aromatic N) is 18. The monoisotopic (exact) mass is 1160 g/mol. The maximum Gasteiger partial charge on any atom is 2.00 e. The van der Waals surface area contributed by atoms with Crippen LogP contribution in [0.15, 0.2) is 138 Å². The average Bonchev–Trinajstić information content (AvgIpc) is 3.82. The number of azo groups is 4. The van der Waals surface area contributed by atoms with Crippen molar-refractivity contribution in [1.82, 2.24) is 19.6 Å². The minimum absolute atomic E-state index is 0. The van der Waals surface area contributed by atoms with Gasteiger partial charge in [0.05, 0.1) is 63.3 Å². The third-order valence-electron chi connectivity index (χ3n) is 11.0. The maximum atomic E-state index is 5.13. The Hall–Kier alpha value is -5.62. The first-order valence-electron chi connectivity index (χ1n) is 22.6. The largest absolute Gasteiger partial charge is 2.00 e. The van der Waals surface area contributed by atoms with Gasteiger partial charge in [-0.3, -0.25) is 0 Å². The number of hydrogen-bond acceptors (Lipinski definition) is 18. The van der Waals surface area contributed by atoms with Crippen LogP contribution in [-0.2, 0) is 66.6 Å². The van der Waals surface area contributed by atoms with Gasteiger partial charge in [-0.15, -0.1) is 29.8 Å². The number of halogens is 4. The van der Waals surface area contributed by atoms with Crippen molar-refractivity contribution in [3.63, 3.8) is 0 Å². The summed E-state index contributed by atoms with van der Waals surface area (Å²) < 4.78 is 27.3. The predicted molar refractivity (Wildman–Crippen MR) is 272 cm³/mol. The van der Waals surface area contributed by atoms with Crippen LogP contribution in [0, 0.1) is 0 Å². The molecule has 6 rings (SSSR count). The third-order valence-corrected chi connectivity index (χ3v) is 11.0. The number of rotatable bonds is 24. The fraction of sp³-hybridized carbons (Fsp3) is 0.417. The van der Waals surface area contributed by atoms with Crippen LogP contribution in [0.25, 0.3) is 0 Å². The first-order valence-corrected chi connectivity index (χ1v) is 22.6. The molecular weight excluding hydrogens is 1100 g/mol. The molecule has 0 radical (unpaired) electrons. The minimum atomic E-state index is 0.